The number of rotatable bonds is 1. The van der Waals surface area contributed by atoms with Gasteiger partial charge in [0.25, 0.3) is 5.95 Å². The van der Waals surface area contributed by atoms with Gasteiger partial charge in [-0.25, -0.2) is 15.0 Å². The Labute approximate surface area is 87.2 Å². The molecule has 0 aliphatic rings. The normalized spacial score (nSPS) is 10.6. The van der Waals surface area contributed by atoms with Gasteiger partial charge in [-0.1, -0.05) is 0 Å². The van der Waals surface area contributed by atoms with Crippen LogP contribution in [0.3, 0.4) is 0 Å². The molecule has 0 spiro atoms. The van der Waals surface area contributed by atoms with Crippen LogP contribution in [0.15, 0.2) is 6.33 Å². The van der Waals surface area contributed by atoms with Crippen molar-refractivity contribution in [3.63, 3.8) is 0 Å². The zero-order valence-electron chi connectivity index (χ0n) is 8.89. The van der Waals surface area contributed by atoms with E-state index in [1.54, 1.807) is 0 Å². The van der Waals surface area contributed by atoms with E-state index in [0.717, 1.165) is 17.0 Å². The van der Waals surface area contributed by atoms with Crippen LogP contribution < -0.4 is 5.73 Å². The quantitative estimate of drug-likeness (QED) is 0.734. The van der Waals surface area contributed by atoms with E-state index in [9.17, 15) is 0 Å². The molecule has 2 aromatic heterocycles. The van der Waals surface area contributed by atoms with Crippen molar-refractivity contribution in [1.82, 2.24) is 24.7 Å². The first-order valence-corrected chi connectivity index (χ1v) is 4.57. The fourth-order valence-electron chi connectivity index (χ4n) is 1.23. The lowest BCUT2D eigenvalue weighted by Crippen LogP contribution is -2.06. The van der Waals surface area contributed by atoms with Gasteiger partial charge in [-0.3, -0.25) is 0 Å². The van der Waals surface area contributed by atoms with Gasteiger partial charge in [-0.15, -0.1) is 5.10 Å². The fourth-order valence-corrected chi connectivity index (χ4v) is 1.23. The summed E-state index contributed by atoms with van der Waals surface area (Å²) in [6, 6.07) is 0. The molecule has 0 bridgehead atoms. The van der Waals surface area contributed by atoms with Gasteiger partial charge < -0.3 is 5.73 Å². The van der Waals surface area contributed by atoms with E-state index < -0.39 is 0 Å². The van der Waals surface area contributed by atoms with Gasteiger partial charge in [-0.2, -0.15) is 4.68 Å². The zero-order chi connectivity index (χ0) is 11.0. The molecule has 0 aromatic carbocycles. The highest BCUT2D eigenvalue weighted by molar-refractivity contribution is 5.27. The van der Waals surface area contributed by atoms with Gasteiger partial charge in [0, 0.05) is 11.4 Å². The van der Waals surface area contributed by atoms with E-state index in [4.69, 9.17) is 5.73 Å². The monoisotopic (exact) mass is 204 g/mol. The van der Waals surface area contributed by atoms with Crippen molar-refractivity contribution < 1.29 is 0 Å². The number of hydrogen-bond donors (Lipinski definition) is 1. The molecular formula is C9H12N6. The number of anilines is 1. The predicted molar refractivity (Wildman–Crippen MR) is 55.6 cm³/mol. The van der Waals surface area contributed by atoms with Gasteiger partial charge in [0.1, 0.15) is 6.33 Å². The van der Waals surface area contributed by atoms with Crippen LogP contribution in [-0.4, -0.2) is 24.7 Å². The Hall–Kier alpha value is -1.98. The molecule has 0 aliphatic heterocycles. The molecule has 2 aromatic rings. The topological polar surface area (TPSA) is 82.5 Å². The van der Waals surface area contributed by atoms with E-state index in [2.05, 4.69) is 20.1 Å². The third-order valence-electron chi connectivity index (χ3n) is 2.34. The average Bonchev–Trinajstić information content (AvgIpc) is 2.60. The van der Waals surface area contributed by atoms with Crippen molar-refractivity contribution in [1.29, 1.82) is 0 Å². The van der Waals surface area contributed by atoms with Crippen LogP contribution in [0.1, 0.15) is 17.0 Å². The van der Waals surface area contributed by atoms with Crippen LogP contribution >= 0.6 is 0 Å². The molecule has 0 saturated carbocycles. The Kier molecular flexibility index (Phi) is 2.11. The molecule has 6 heteroatoms. The van der Waals surface area contributed by atoms with Gasteiger partial charge in [0.2, 0.25) is 5.95 Å². The summed E-state index contributed by atoms with van der Waals surface area (Å²) in [5.41, 5.74) is 8.39. The van der Waals surface area contributed by atoms with E-state index in [1.165, 1.54) is 11.0 Å². The molecule has 0 atom stereocenters. The summed E-state index contributed by atoms with van der Waals surface area (Å²) in [6.07, 6.45) is 1.50. The first kappa shape index (κ1) is 9.57. The fraction of sp³-hybridized carbons (Fsp3) is 0.333. The summed E-state index contributed by atoms with van der Waals surface area (Å²) in [7, 11) is 0. The zero-order valence-corrected chi connectivity index (χ0v) is 8.89. The maximum Gasteiger partial charge on any atom is 0.252 e. The smallest absolute Gasteiger partial charge is 0.252 e. The van der Waals surface area contributed by atoms with Crippen molar-refractivity contribution >= 4 is 5.95 Å². The van der Waals surface area contributed by atoms with E-state index in [0.29, 0.717) is 5.95 Å². The SMILES string of the molecule is Cc1nc(-n2cnc(N)n2)nc(C)c1C. The second kappa shape index (κ2) is 3.30. The van der Waals surface area contributed by atoms with Crippen molar-refractivity contribution in [2.24, 2.45) is 0 Å². The van der Waals surface area contributed by atoms with E-state index in [1.807, 2.05) is 20.8 Å². The van der Waals surface area contributed by atoms with Gasteiger partial charge >= 0.3 is 0 Å². The van der Waals surface area contributed by atoms with E-state index >= 15 is 0 Å². The highest BCUT2D eigenvalue weighted by Crippen LogP contribution is 2.10. The number of nitrogens with zero attached hydrogens (tertiary/aromatic N) is 5. The van der Waals surface area contributed by atoms with Crippen molar-refractivity contribution in [2.75, 3.05) is 5.73 Å². The maximum absolute atomic E-state index is 5.42. The summed E-state index contributed by atoms with van der Waals surface area (Å²) in [5, 5.41) is 3.95. The Morgan fingerprint density at radius 1 is 1.13 bits per heavy atom. The molecule has 6 nitrogen and oxygen atoms in total. The Morgan fingerprint density at radius 3 is 2.20 bits per heavy atom. The van der Waals surface area contributed by atoms with Crippen molar-refractivity contribution in [3.05, 3.63) is 23.3 Å². The third-order valence-corrected chi connectivity index (χ3v) is 2.34. The molecule has 0 unspecified atom stereocenters. The lowest BCUT2D eigenvalue weighted by Gasteiger charge is -2.05. The van der Waals surface area contributed by atoms with E-state index in [-0.39, 0.29) is 5.95 Å². The van der Waals surface area contributed by atoms with Crippen LogP contribution in [0.2, 0.25) is 0 Å². The Balaban J connectivity index is 2.55. The predicted octanol–water partition coefficient (Wildman–Crippen LogP) is 0.565. The van der Waals surface area contributed by atoms with Crippen molar-refractivity contribution in [2.45, 2.75) is 20.8 Å². The molecule has 0 radical (unpaired) electrons. The molecule has 0 fully saturated rings. The summed E-state index contributed by atoms with van der Waals surface area (Å²) in [6.45, 7) is 5.87. The van der Waals surface area contributed by atoms with Crippen LogP contribution in [0, 0.1) is 20.8 Å². The highest BCUT2D eigenvalue weighted by Gasteiger charge is 2.07. The van der Waals surface area contributed by atoms with Gasteiger partial charge in [-0.05, 0) is 26.3 Å². The first-order valence-electron chi connectivity index (χ1n) is 4.57. The highest BCUT2D eigenvalue weighted by atomic mass is 15.4. The summed E-state index contributed by atoms with van der Waals surface area (Å²) >= 11 is 0. The first-order chi connectivity index (χ1) is 7.08. The lowest BCUT2D eigenvalue weighted by molar-refractivity contribution is 0.790. The number of hydrogen-bond acceptors (Lipinski definition) is 5. The summed E-state index contributed by atoms with van der Waals surface area (Å²) in [4.78, 5) is 12.4. The molecule has 2 heterocycles. The van der Waals surface area contributed by atoms with Crippen LogP contribution in [0.5, 0.6) is 0 Å². The molecule has 2 N–H and O–H groups in total. The molecule has 78 valence electrons. The minimum atomic E-state index is 0.217. The standard InChI is InChI=1S/C9H12N6/c1-5-6(2)12-9(13-7(5)3)15-4-11-8(10)14-15/h4H,1-3H3,(H2,10,14). The number of nitrogens with two attached hydrogens (primary N) is 1. The van der Waals surface area contributed by atoms with Gasteiger partial charge in [0.05, 0.1) is 0 Å². The maximum atomic E-state index is 5.42. The number of aromatic nitrogens is 5. The molecule has 0 aliphatic carbocycles. The van der Waals surface area contributed by atoms with Crippen molar-refractivity contribution in [3.8, 4) is 5.95 Å². The largest absolute Gasteiger partial charge is 0.366 e. The van der Waals surface area contributed by atoms with Gasteiger partial charge in [0.15, 0.2) is 0 Å². The minimum absolute atomic E-state index is 0.217. The Morgan fingerprint density at radius 2 is 1.73 bits per heavy atom. The second-order valence-electron chi connectivity index (χ2n) is 3.37. The molecule has 0 saturated heterocycles. The lowest BCUT2D eigenvalue weighted by atomic mass is 10.2. The summed E-state index contributed by atoms with van der Waals surface area (Å²) < 4.78 is 1.47. The molecule has 15 heavy (non-hydrogen) atoms. The van der Waals surface area contributed by atoms with Crippen LogP contribution in [0.4, 0.5) is 5.95 Å². The second-order valence-corrected chi connectivity index (χ2v) is 3.37. The number of nitrogen functional groups attached to an aromatic ring is 1. The number of aryl methyl sites for hydroxylation is 2. The molecular weight excluding hydrogens is 192 g/mol. The van der Waals surface area contributed by atoms with Crippen LogP contribution in [-0.2, 0) is 0 Å². The molecule has 0 amide bonds. The molecule has 2 rings (SSSR count). The Bertz CT molecular complexity index is 478. The van der Waals surface area contributed by atoms with Crippen LogP contribution in [0.25, 0.3) is 5.95 Å². The average molecular weight is 204 g/mol. The minimum Gasteiger partial charge on any atom is -0.366 e. The summed E-state index contributed by atoms with van der Waals surface area (Å²) in [5.74, 6) is 0.717. The third kappa shape index (κ3) is 1.65.